The van der Waals surface area contributed by atoms with Crippen LogP contribution in [0.1, 0.15) is 50.1 Å². The summed E-state index contributed by atoms with van der Waals surface area (Å²) in [5.41, 5.74) is 1.22. The Morgan fingerprint density at radius 3 is 2.55 bits per heavy atom. The van der Waals surface area contributed by atoms with Gasteiger partial charge in [0.25, 0.3) is 0 Å². The summed E-state index contributed by atoms with van der Waals surface area (Å²) in [6, 6.07) is 12.8. The zero-order valence-electron chi connectivity index (χ0n) is 12.3. The highest BCUT2D eigenvalue weighted by molar-refractivity contribution is 8.00. The minimum Gasteiger partial charge on any atom is -0.308 e. The monoisotopic (exact) mass is 288 g/mol. The molecule has 2 rings (SSSR count). The number of thioether (sulfide) groups is 1. The molecule has 1 aliphatic carbocycles. The van der Waals surface area contributed by atoms with Crippen LogP contribution in [0.4, 0.5) is 0 Å². The minimum absolute atomic E-state index is 0.159. The van der Waals surface area contributed by atoms with Gasteiger partial charge in [-0.05, 0) is 24.7 Å². The largest absolute Gasteiger partial charge is 0.308 e. The standard InChI is InChI=1S/C17H24N2S/c1-20-17(11-6-3-7-12-17)14-19-16(10-13-18)15-8-4-2-5-9-15/h2,4-5,8-9,16,19H,3,6-7,10-12,14H2,1H3. The Morgan fingerprint density at radius 2 is 1.95 bits per heavy atom. The minimum atomic E-state index is 0.159. The molecule has 0 heterocycles. The molecule has 1 unspecified atom stereocenters. The van der Waals surface area contributed by atoms with Crippen LogP contribution in [0, 0.1) is 11.3 Å². The number of rotatable bonds is 6. The fourth-order valence-corrected chi connectivity index (χ4v) is 3.97. The molecule has 1 aromatic rings. The number of nitrogens with zero attached hydrogens (tertiary/aromatic N) is 1. The summed E-state index contributed by atoms with van der Waals surface area (Å²) in [5.74, 6) is 0. The Morgan fingerprint density at radius 1 is 1.25 bits per heavy atom. The fourth-order valence-electron chi connectivity index (χ4n) is 3.04. The van der Waals surface area contributed by atoms with Gasteiger partial charge in [0, 0.05) is 17.3 Å². The van der Waals surface area contributed by atoms with E-state index in [1.165, 1.54) is 37.7 Å². The van der Waals surface area contributed by atoms with E-state index in [4.69, 9.17) is 5.26 Å². The lowest BCUT2D eigenvalue weighted by molar-refractivity contribution is 0.363. The quantitative estimate of drug-likeness (QED) is 0.848. The Kier molecular flexibility index (Phi) is 5.94. The highest BCUT2D eigenvalue weighted by atomic mass is 32.2. The number of benzene rings is 1. The highest BCUT2D eigenvalue weighted by Gasteiger charge is 2.31. The zero-order valence-corrected chi connectivity index (χ0v) is 13.1. The summed E-state index contributed by atoms with van der Waals surface area (Å²) in [7, 11) is 0. The van der Waals surface area contributed by atoms with Crippen LogP contribution in [-0.4, -0.2) is 17.5 Å². The normalized spacial score (nSPS) is 19.2. The number of nitriles is 1. The van der Waals surface area contributed by atoms with E-state index in [0.29, 0.717) is 11.2 Å². The third-order valence-electron chi connectivity index (χ3n) is 4.37. The Bertz CT molecular complexity index is 432. The van der Waals surface area contributed by atoms with Crippen LogP contribution >= 0.6 is 11.8 Å². The summed E-state index contributed by atoms with van der Waals surface area (Å²) in [6.45, 7) is 1.01. The van der Waals surface area contributed by atoms with Crippen LogP contribution in [-0.2, 0) is 0 Å². The first kappa shape index (κ1) is 15.4. The van der Waals surface area contributed by atoms with E-state index in [2.05, 4.69) is 29.8 Å². The molecule has 0 amide bonds. The first-order valence-corrected chi connectivity index (χ1v) is 8.72. The molecule has 1 fully saturated rings. The number of nitrogens with one attached hydrogen (secondary N) is 1. The van der Waals surface area contributed by atoms with Gasteiger partial charge in [-0.25, -0.2) is 0 Å². The van der Waals surface area contributed by atoms with E-state index in [1.807, 2.05) is 30.0 Å². The van der Waals surface area contributed by atoms with Gasteiger partial charge in [-0.1, -0.05) is 49.6 Å². The van der Waals surface area contributed by atoms with Gasteiger partial charge in [-0.15, -0.1) is 0 Å². The maximum absolute atomic E-state index is 9.06. The molecule has 1 aromatic carbocycles. The van der Waals surface area contributed by atoms with Crippen molar-refractivity contribution in [1.29, 1.82) is 5.26 Å². The van der Waals surface area contributed by atoms with Crippen molar-refractivity contribution in [3.8, 4) is 6.07 Å². The molecule has 0 radical (unpaired) electrons. The van der Waals surface area contributed by atoms with Gasteiger partial charge >= 0.3 is 0 Å². The van der Waals surface area contributed by atoms with Crippen LogP contribution in [0.25, 0.3) is 0 Å². The van der Waals surface area contributed by atoms with E-state index in [-0.39, 0.29) is 6.04 Å². The molecule has 20 heavy (non-hydrogen) atoms. The lowest BCUT2D eigenvalue weighted by Crippen LogP contribution is -2.40. The predicted molar refractivity (Wildman–Crippen MR) is 86.7 cm³/mol. The molecule has 0 saturated heterocycles. The van der Waals surface area contributed by atoms with Crippen molar-refractivity contribution in [1.82, 2.24) is 5.32 Å². The fraction of sp³-hybridized carbons (Fsp3) is 0.588. The summed E-state index contributed by atoms with van der Waals surface area (Å²) in [6.07, 6.45) is 9.43. The molecule has 1 saturated carbocycles. The Hall–Kier alpha value is -0.980. The van der Waals surface area contributed by atoms with Crippen molar-refractivity contribution in [2.45, 2.75) is 49.3 Å². The maximum atomic E-state index is 9.06. The van der Waals surface area contributed by atoms with Crippen molar-refractivity contribution in [3.63, 3.8) is 0 Å². The molecule has 0 aromatic heterocycles. The van der Waals surface area contributed by atoms with Crippen LogP contribution in [0.15, 0.2) is 30.3 Å². The lowest BCUT2D eigenvalue weighted by atomic mass is 9.87. The molecule has 108 valence electrons. The third-order valence-corrected chi connectivity index (χ3v) is 5.78. The molecule has 1 atom stereocenters. The number of hydrogen-bond acceptors (Lipinski definition) is 3. The molecular formula is C17H24N2S. The molecule has 0 spiro atoms. The third kappa shape index (κ3) is 4.01. The second-order valence-electron chi connectivity index (χ2n) is 5.65. The highest BCUT2D eigenvalue weighted by Crippen LogP contribution is 2.38. The summed E-state index contributed by atoms with van der Waals surface area (Å²) < 4.78 is 0.376. The van der Waals surface area contributed by atoms with Crippen LogP contribution in [0.2, 0.25) is 0 Å². The van der Waals surface area contributed by atoms with Crippen LogP contribution < -0.4 is 5.32 Å². The average molecular weight is 288 g/mol. The first-order valence-electron chi connectivity index (χ1n) is 7.50. The summed E-state index contributed by atoms with van der Waals surface area (Å²) in [5, 5.41) is 12.7. The molecule has 0 bridgehead atoms. The van der Waals surface area contributed by atoms with Gasteiger partial charge in [-0.3, -0.25) is 0 Å². The second kappa shape index (κ2) is 7.71. The zero-order chi connectivity index (χ0) is 14.3. The molecule has 3 heteroatoms. The van der Waals surface area contributed by atoms with Crippen molar-refractivity contribution in [3.05, 3.63) is 35.9 Å². The summed E-state index contributed by atoms with van der Waals surface area (Å²) in [4.78, 5) is 0. The molecule has 2 nitrogen and oxygen atoms in total. The molecule has 1 N–H and O–H groups in total. The van der Waals surface area contributed by atoms with Crippen LogP contribution in [0.3, 0.4) is 0 Å². The Labute approximate surface area is 127 Å². The van der Waals surface area contributed by atoms with E-state index in [0.717, 1.165) is 6.54 Å². The van der Waals surface area contributed by atoms with Crippen LogP contribution in [0.5, 0.6) is 0 Å². The van der Waals surface area contributed by atoms with Gasteiger partial charge in [0.15, 0.2) is 0 Å². The van der Waals surface area contributed by atoms with E-state index in [1.54, 1.807) is 0 Å². The van der Waals surface area contributed by atoms with E-state index >= 15 is 0 Å². The smallest absolute Gasteiger partial charge is 0.0641 e. The van der Waals surface area contributed by atoms with E-state index < -0.39 is 0 Å². The van der Waals surface area contributed by atoms with Gasteiger partial charge < -0.3 is 5.32 Å². The second-order valence-corrected chi connectivity index (χ2v) is 6.93. The Balaban J connectivity index is 2.00. The van der Waals surface area contributed by atoms with Gasteiger partial charge in [0.2, 0.25) is 0 Å². The average Bonchev–Trinajstić information content (AvgIpc) is 2.53. The topological polar surface area (TPSA) is 35.8 Å². The lowest BCUT2D eigenvalue weighted by Gasteiger charge is -2.37. The summed E-state index contributed by atoms with van der Waals surface area (Å²) >= 11 is 2.00. The van der Waals surface area contributed by atoms with Crippen molar-refractivity contribution < 1.29 is 0 Å². The van der Waals surface area contributed by atoms with Gasteiger partial charge in [0.1, 0.15) is 0 Å². The van der Waals surface area contributed by atoms with Gasteiger partial charge in [0.05, 0.1) is 12.5 Å². The van der Waals surface area contributed by atoms with Crippen molar-refractivity contribution in [2.75, 3.05) is 12.8 Å². The first-order chi connectivity index (χ1) is 9.79. The maximum Gasteiger partial charge on any atom is 0.0641 e. The van der Waals surface area contributed by atoms with Crippen molar-refractivity contribution in [2.24, 2.45) is 0 Å². The molecular weight excluding hydrogens is 264 g/mol. The molecule has 0 aliphatic heterocycles. The van der Waals surface area contributed by atoms with Crippen molar-refractivity contribution >= 4 is 11.8 Å². The predicted octanol–water partition coefficient (Wildman–Crippen LogP) is 4.30. The van der Waals surface area contributed by atoms with Gasteiger partial charge in [-0.2, -0.15) is 17.0 Å². The number of hydrogen-bond donors (Lipinski definition) is 1. The SMILES string of the molecule is CSC1(CNC(CC#N)c2ccccc2)CCCCC1. The van der Waals surface area contributed by atoms with E-state index in [9.17, 15) is 0 Å². The molecule has 1 aliphatic rings.